The Balaban J connectivity index is 0.00000384. The van der Waals surface area contributed by atoms with Crippen molar-refractivity contribution in [1.29, 1.82) is 0 Å². The first-order valence-electron chi connectivity index (χ1n) is 14.2. The number of hydrogen-bond donors (Lipinski definition) is 0. The number of pyridine rings is 2. The minimum Gasteiger partial charge on any atom is -0.378 e. The van der Waals surface area contributed by atoms with Gasteiger partial charge in [0.15, 0.2) is 0 Å². The first-order valence-corrected chi connectivity index (χ1v) is 14.2. The molecule has 0 spiro atoms. The zero-order valence-electron chi connectivity index (χ0n) is 25.6. The van der Waals surface area contributed by atoms with Crippen LogP contribution in [-0.2, 0) is 26.5 Å². The Morgan fingerprint density at radius 1 is 0.591 bits per heavy atom. The monoisotopic (exact) mass is 761 g/mol. The van der Waals surface area contributed by atoms with Crippen LogP contribution in [0.25, 0.3) is 34.2 Å². The first kappa shape index (κ1) is 30.9. The van der Waals surface area contributed by atoms with E-state index in [1.54, 1.807) is 9.36 Å². The van der Waals surface area contributed by atoms with Crippen molar-refractivity contribution in [1.82, 2.24) is 29.5 Å². The molecule has 0 aliphatic rings. The van der Waals surface area contributed by atoms with Crippen molar-refractivity contribution in [3.05, 3.63) is 121 Å². The molecule has 0 saturated heterocycles. The van der Waals surface area contributed by atoms with Gasteiger partial charge in [0.25, 0.3) is 0 Å². The van der Waals surface area contributed by atoms with Gasteiger partial charge in [-0.05, 0) is 37.4 Å². The van der Waals surface area contributed by atoms with Gasteiger partial charge in [-0.25, -0.2) is 0 Å². The van der Waals surface area contributed by atoms with Gasteiger partial charge in [0.2, 0.25) is 0 Å². The summed E-state index contributed by atoms with van der Waals surface area (Å²) in [6, 6.07) is 32.2. The van der Waals surface area contributed by atoms with Crippen LogP contribution in [0, 0.1) is 12.4 Å². The van der Waals surface area contributed by atoms with Crippen LogP contribution in [0.4, 0.5) is 11.4 Å². The number of anilines is 2. The molecule has 0 aliphatic carbocycles. The van der Waals surface area contributed by atoms with Crippen molar-refractivity contribution < 1.29 is 21.1 Å². The standard InChI is InChI=1S/C35H34N8.Pt/c1-35(2,31-21-27(40(3)4)23-33(36-31)42-19-17-29(38-42)25-13-9-7-10-14-25)32-22-28(41(5)6)24-34(37-32)43-20-18-30(39-43)26-15-11-8-12-16-26;/h7-18,21-24H,1-6H3;/q-2;+2. The zero-order valence-corrected chi connectivity index (χ0v) is 27.9. The van der Waals surface area contributed by atoms with Crippen molar-refractivity contribution in [2.45, 2.75) is 19.3 Å². The first-order chi connectivity index (χ1) is 20.7. The quantitative estimate of drug-likeness (QED) is 0.171. The molecule has 0 amide bonds. The maximum absolute atomic E-state index is 5.12. The van der Waals surface area contributed by atoms with Gasteiger partial charge in [-0.15, -0.1) is 12.1 Å². The van der Waals surface area contributed by atoms with Crippen molar-refractivity contribution >= 4 is 11.4 Å². The SMILES string of the molecule is CN(C)c1cc(-n2[c-]cc(-c3ccccc3)n2)nc(C(C)(C)c2cc(N(C)C)cc(-n3[c-]cc(-c4ccccc4)n3)n2)c1.[Pt+2]. The summed E-state index contributed by atoms with van der Waals surface area (Å²) in [5.41, 5.74) is 6.93. The number of rotatable bonds is 8. The summed E-state index contributed by atoms with van der Waals surface area (Å²) in [7, 11) is 8.11. The third kappa shape index (κ3) is 6.22. The van der Waals surface area contributed by atoms with Gasteiger partial charge in [-0.3, -0.25) is 20.2 Å². The van der Waals surface area contributed by atoms with Crippen LogP contribution in [0.3, 0.4) is 0 Å². The van der Waals surface area contributed by atoms with E-state index >= 15 is 0 Å². The van der Waals surface area contributed by atoms with E-state index in [9.17, 15) is 0 Å². The van der Waals surface area contributed by atoms with Crippen LogP contribution >= 0.6 is 0 Å². The maximum atomic E-state index is 5.12. The maximum Gasteiger partial charge on any atom is 2.00 e. The number of nitrogens with zero attached hydrogens (tertiary/aromatic N) is 8. The predicted octanol–water partition coefficient (Wildman–Crippen LogP) is 6.24. The Kier molecular flexibility index (Phi) is 8.84. The summed E-state index contributed by atoms with van der Waals surface area (Å²) in [4.78, 5) is 14.4. The summed E-state index contributed by atoms with van der Waals surface area (Å²) >= 11 is 0. The molecule has 0 aliphatic heterocycles. The summed E-state index contributed by atoms with van der Waals surface area (Å²) in [6.45, 7) is 4.29. The summed E-state index contributed by atoms with van der Waals surface area (Å²) in [5.74, 6) is 1.38. The molecule has 44 heavy (non-hydrogen) atoms. The van der Waals surface area contributed by atoms with Crippen LogP contribution < -0.4 is 9.80 Å². The molecule has 8 nitrogen and oxygen atoms in total. The van der Waals surface area contributed by atoms with Crippen LogP contribution in [-0.4, -0.2) is 57.7 Å². The Hall–Kier alpha value is -4.55. The van der Waals surface area contributed by atoms with Crippen LogP contribution in [0.1, 0.15) is 25.2 Å². The Labute approximate surface area is 273 Å². The molecule has 0 bridgehead atoms. The minimum absolute atomic E-state index is 0. The summed E-state index contributed by atoms with van der Waals surface area (Å²) in [6.07, 6.45) is 6.52. The van der Waals surface area contributed by atoms with Gasteiger partial charge in [0, 0.05) is 56.4 Å². The fourth-order valence-corrected chi connectivity index (χ4v) is 4.82. The Bertz CT molecular complexity index is 1720. The van der Waals surface area contributed by atoms with E-state index in [0.29, 0.717) is 11.6 Å². The normalized spacial score (nSPS) is 11.2. The molecule has 0 fully saturated rings. The van der Waals surface area contributed by atoms with Crippen LogP contribution in [0.2, 0.25) is 0 Å². The fraction of sp³-hybridized carbons (Fsp3) is 0.200. The van der Waals surface area contributed by atoms with E-state index < -0.39 is 5.41 Å². The van der Waals surface area contributed by atoms with E-state index in [-0.39, 0.29) is 21.1 Å². The van der Waals surface area contributed by atoms with Crippen LogP contribution in [0.15, 0.2) is 97.1 Å². The number of benzene rings is 2. The van der Waals surface area contributed by atoms with Gasteiger partial charge in [0.1, 0.15) is 0 Å². The molecular weight excluding hydrogens is 728 g/mol. The van der Waals surface area contributed by atoms with Gasteiger partial charge < -0.3 is 19.2 Å². The second-order valence-corrected chi connectivity index (χ2v) is 11.4. The van der Waals surface area contributed by atoms with E-state index in [1.807, 2.05) is 113 Å². The average molecular weight is 762 g/mol. The molecule has 6 aromatic rings. The van der Waals surface area contributed by atoms with E-state index in [1.165, 1.54) is 0 Å². The molecule has 0 atom stereocenters. The zero-order chi connectivity index (χ0) is 30.1. The van der Waals surface area contributed by atoms with Gasteiger partial charge in [0.05, 0.1) is 11.6 Å². The fourth-order valence-electron chi connectivity index (χ4n) is 4.82. The molecule has 9 heteroatoms. The number of hydrogen-bond acceptors (Lipinski definition) is 6. The Morgan fingerprint density at radius 2 is 0.977 bits per heavy atom. The molecule has 2 aromatic carbocycles. The average Bonchev–Trinajstić information content (AvgIpc) is 3.73. The van der Waals surface area contributed by atoms with Gasteiger partial charge in [-0.2, -0.15) is 0 Å². The molecule has 224 valence electrons. The molecule has 4 heterocycles. The van der Waals surface area contributed by atoms with E-state index in [2.05, 4.69) is 48.2 Å². The smallest absolute Gasteiger partial charge is 0.378 e. The van der Waals surface area contributed by atoms with Crippen molar-refractivity contribution in [3.8, 4) is 34.2 Å². The molecule has 0 radical (unpaired) electrons. The molecule has 0 N–H and O–H groups in total. The second-order valence-electron chi connectivity index (χ2n) is 11.4. The van der Waals surface area contributed by atoms with E-state index in [0.717, 1.165) is 45.3 Å². The van der Waals surface area contributed by atoms with Gasteiger partial charge in [-0.1, -0.05) is 96.3 Å². The second kappa shape index (κ2) is 12.6. The molecule has 0 unspecified atom stereocenters. The van der Waals surface area contributed by atoms with Crippen molar-refractivity contribution in [2.75, 3.05) is 38.0 Å². The third-order valence-electron chi connectivity index (χ3n) is 7.54. The molecule has 0 saturated carbocycles. The van der Waals surface area contributed by atoms with Crippen LogP contribution in [0.5, 0.6) is 0 Å². The largest absolute Gasteiger partial charge is 2.00 e. The predicted molar refractivity (Wildman–Crippen MR) is 172 cm³/mol. The summed E-state index contributed by atoms with van der Waals surface area (Å²) in [5, 5.41) is 9.62. The molecular formula is C35H34N8Pt. The number of aromatic nitrogens is 6. The minimum atomic E-state index is -0.563. The molecule has 6 rings (SSSR count). The summed E-state index contributed by atoms with van der Waals surface area (Å²) < 4.78 is 3.43. The molecule has 4 aromatic heterocycles. The third-order valence-corrected chi connectivity index (χ3v) is 7.54. The Morgan fingerprint density at radius 3 is 1.34 bits per heavy atom. The van der Waals surface area contributed by atoms with E-state index in [4.69, 9.17) is 20.2 Å². The van der Waals surface area contributed by atoms with Crippen molar-refractivity contribution in [2.24, 2.45) is 0 Å². The topological polar surface area (TPSA) is 67.9 Å². The van der Waals surface area contributed by atoms with Gasteiger partial charge >= 0.3 is 21.1 Å². The van der Waals surface area contributed by atoms with Crippen molar-refractivity contribution in [3.63, 3.8) is 0 Å².